The van der Waals surface area contributed by atoms with Crippen molar-refractivity contribution in [3.05, 3.63) is 27.8 Å². The predicted molar refractivity (Wildman–Crippen MR) is 57.6 cm³/mol. The van der Waals surface area contributed by atoms with Crippen molar-refractivity contribution in [2.75, 3.05) is 0 Å². The number of hydrogen-bond acceptors (Lipinski definition) is 2. The Balaban J connectivity index is 2.77. The molecule has 0 radical (unpaired) electrons. The van der Waals surface area contributed by atoms with E-state index in [0.29, 0.717) is 6.04 Å². The summed E-state index contributed by atoms with van der Waals surface area (Å²) in [6, 6.07) is 0.308. The number of hydrogen-bond donors (Lipinski definition) is 1. The van der Waals surface area contributed by atoms with Gasteiger partial charge in [0, 0.05) is 5.56 Å². The normalized spacial score (nSPS) is 19.4. The van der Waals surface area contributed by atoms with Crippen LogP contribution in [-0.2, 0) is 0 Å². The largest absolute Gasteiger partial charge is 0.408 e. The molecule has 2 heteroatoms. The predicted octanol–water partition coefficient (Wildman–Crippen LogP) is 2.88. The lowest BCUT2D eigenvalue weighted by atomic mass is 9.91. The zero-order chi connectivity index (χ0) is 10.5. The van der Waals surface area contributed by atoms with Gasteiger partial charge in [-0.2, -0.15) is 0 Å². The molecule has 1 atom stereocenters. The van der Waals surface area contributed by atoms with Gasteiger partial charge in [0.05, 0.1) is 6.04 Å². The summed E-state index contributed by atoms with van der Waals surface area (Å²) in [6.07, 6.45) is 0. The van der Waals surface area contributed by atoms with Crippen LogP contribution in [0.1, 0.15) is 40.8 Å². The summed E-state index contributed by atoms with van der Waals surface area (Å²) in [5, 5.41) is 0. The quantitative estimate of drug-likeness (QED) is 0.680. The monoisotopic (exact) mass is 191 g/mol. The topological polar surface area (TPSA) is 21.3 Å². The summed E-state index contributed by atoms with van der Waals surface area (Å²) in [7, 11) is 0. The van der Waals surface area contributed by atoms with Crippen molar-refractivity contribution in [3.63, 3.8) is 0 Å². The number of nitrogens with one attached hydrogen (secondary N) is 1. The Bertz CT molecular complexity index is 396. The molecule has 14 heavy (non-hydrogen) atoms. The fourth-order valence-electron chi connectivity index (χ4n) is 2.17. The fourth-order valence-corrected chi connectivity index (χ4v) is 2.17. The van der Waals surface area contributed by atoms with Gasteiger partial charge in [0.15, 0.2) is 5.75 Å². The zero-order valence-corrected chi connectivity index (χ0v) is 9.49. The summed E-state index contributed by atoms with van der Waals surface area (Å²) in [6.45, 7) is 10.8. The van der Waals surface area contributed by atoms with E-state index in [1.165, 1.54) is 27.8 Å². The van der Waals surface area contributed by atoms with E-state index in [4.69, 9.17) is 4.84 Å². The van der Waals surface area contributed by atoms with E-state index in [9.17, 15) is 0 Å². The van der Waals surface area contributed by atoms with Crippen molar-refractivity contribution in [2.45, 2.75) is 40.7 Å². The van der Waals surface area contributed by atoms with Gasteiger partial charge in [0.2, 0.25) is 0 Å². The van der Waals surface area contributed by atoms with Crippen molar-refractivity contribution in [2.24, 2.45) is 0 Å². The van der Waals surface area contributed by atoms with E-state index in [0.717, 1.165) is 5.75 Å². The summed E-state index contributed by atoms with van der Waals surface area (Å²) >= 11 is 0. The van der Waals surface area contributed by atoms with Crippen LogP contribution in [0.5, 0.6) is 5.75 Å². The molecule has 1 aliphatic heterocycles. The van der Waals surface area contributed by atoms with Gasteiger partial charge in [0.25, 0.3) is 0 Å². The lowest BCUT2D eigenvalue weighted by Crippen LogP contribution is -2.13. The smallest absolute Gasteiger partial charge is 0.155 e. The number of rotatable bonds is 0. The van der Waals surface area contributed by atoms with Crippen LogP contribution in [0.2, 0.25) is 0 Å². The SMILES string of the molecule is Cc1c(C)c(C)c2c(c1C)ONC2C. The summed E-state index contributed by atoms with van der Waals surface area (Å²) in [4.78, 5) is 5.51. The second-order valence-corrected chi connectivity index (χ2v) is 4.18. The lowest BCUT2D eigenvalue weighted by molar-refractivity contribution is 0.199. The highest BCUT2D eigenvalue weighted by Gasteiger charge is 2.26. The van der Waals surface area contributed by atoms with Gasteiger partial charge in [-0.25, -0.2) is 0 Å². The van der Waals surface area contributed by atoms with Gasteiger partial charge in [-0.15, -0.1) is 5.48 Å². The fraction of sp³-hybridized carbons (Fsp3) is 0.500. The molecule has 0 bridgehead atoms. The van der Waals surface area contributed by atoms with E-state index in [-0.39, 0.29) is 0 Å². The molecule has 0 aliphatic carbocycles. The maximum atomic E-state index is 5.51. The van der Waals surface area contributed by atoms with Gasteiger partial charge in [-0.3, -0.25) is 0 Å². The van der Waals surface area contributed by atoms with Crippen LogP contribution in [-0.4, -0.2) is 0 Å². The summed E-state index contributed by atoms with van der Waals surface area (Å²) in [5.74, 6) is 1.04. The lowest BCUT2D eigenvalue weighted by Gasteiger charge is -2.14. The molecule has 1 N–H and O–H groups in total. The van der Waals surface area contributed by atoms with Crippen LogP contribution < -0.4 is 10.3 Å². The van der Waals surface area contributed by atoms with E-state index >= 15 is 0 Å². The molecule has 1 unspecified atom stereocenters. The highest BCUT2D eigenvalue weighted by Crippen LogP contribution is 2.39. The first kappa shape index (κ1) is 9.53. The Morgan fingerprint density at radius 1 is 0.929 bits per heavy atom. The van der Waals surface area contributed by atoms with Gasteiger partial charge in [-0.05, 0) is 56.9 Å². The van der Waals surface area contributed by atoms with Crippen molar-refractivity contribution >= 4 is 0 Å². The van der Waals surface area contributed by atoms with Crippen LogP contribution in [0.25, 0.3) is 0 Å². The molecular formula is C12H17NO. The molecule has 0 fully saturated rings. The van der Waals surface area contributed by atoms with E-state index < -0.39 is 0 Å². The Kier molecular flexibility index (Phi) is 2.04. The van der Waals surface area contributed by atoms with Crippen molar-refractivity contribution in [1.82, 2.24) is 5.48 Å². The van der Waals surface area contributed by atoms with Crippen LogP contribution in [0.15, 0.2) is 0 Å². The summed E-state index contributed by atoms with van der Waals surface area (Å²) in [5.41, 5.74) is 9.70. The molecule has 0 amide bonds. The highest BCUT2D eigenvalue weighted by molar-refractivity contribution is 5.56. The Morgan fingerprint density at radius 3 is 2.14 bits per heavy atom. The van der Waals surface area contributed by atoms with Crippen LogP contribution in [0.3, 0.4) is 0 Å². The average molecular weight is 191 g/mol. The molecule has 0 saturated heterocycles. The molecule has 2 nitrogen and oxygen atoms in total. The van der Waals surface area contributed by atoms with Gasteiger partial charge < -0.3 is 4.84 Å². The third-order valence-electron chi connectivity index (χ3n) is 3.45. The second-order valence-electron chi connectivity index (χ2n) is 4.18. The molecule has 0 saturated carbocycles. The van der Waals surface area contributed by atoms with Crippen molar-refractivity contribution < 1.29 is 4.84 Å². The van der Waals surface area contributed by atoms with Crippen LogP contribution in [0, 0.1) is 27.7 Å². The molecular weight excluding hydrogens is 174 g/mol. The third-order valence-corrected chi connectivity index (χ3v) is 3.45. The Labute approximate surface area is 85.2 Å². The Hall–Kier alpha value is -1.02. The number of benzene rings is 1. The average Bonchev–Trinajstić information content (AvgIpc) is 2.54. The number of fused-ring (bicyclic) bond motifs is 1. The van der Waals surface area contributed by atoms with Gasteiger partial charge >= 0.3 is 0 Å². The molecule has 0 spiro atoms. The van der Waals surface area contributed by atoms with Crippen molar-refractivity contribution in [1.29, 1.82) is 0 Å². The number of hydroxylamine groups is 1. The first-order valence-corrected chi connectivity index (χ1v) is 5.06. The molecule has 1 heterocycles. The highest BCUT2D eigenvalue weighted by atomic mass is 16.7. The maximum Gasteiger partial charge on any atom is 0.155 e. The molecule has 1 aromatic rings. The first-order valence-electron chi connectivity index (χ1n) is 5.06. The van der Waals surface area contributed by atoms with Gasteiger partial charge in [-0.1, -0.05) is 0 Å². The zero-order valence-electron chi connectivity index (χ0n) is 9.49. The second kappa shape index (κ2) is 2.99. The minimum atomic E-state index is 0.308. The van der Waals surface area contributed by atoms with Gasteiger partial charge in [0.1, 0.15) is 0 Å². The van der Waals surface area contributed by atoms with E-state index in [1.807, 2.05) is 0 Å². The molecule has 76 valence electrons. The minimum Gasteiger partial charge on any atom is -0.408 e. The van der Waals surface area contributed by atoms with E-state index in [2.05, 4.69) is 40.1 Å². The Morgan fingerprint density at radius 2 is 1.50 bits per heavy atom. The third kappa shape index (κ3) is 1.07. The molecule has 1 aromatic carbocycles. The molecule has 2 rings (SSSR count). The summed E-state index contributed by atoms with van der Waals surface area (Å²) < 4.78 is 0. The maximum absolute atomic E-state index is 5.51. The van der Waals surface area contributed by atoms with Crippen molar-refractivity contribution in [3.8, 4) is 5.75 Å². The minimum absolute atomic E-state index is 0.308. The van der Waals surface area contributed by atoms with Crippen LogP contribution >= 0.6 is 0 Å². The standard InChI is InChI=1S/C12H17NO/c1-6-7(2)9(4)12-11(8(6)3)10(5)13-14-12/h10,13H,1-5H3. The van der Waals surface area contributed by atoms with E-state index in [1.54, 1.807) is 0 Å². The first-order chi connectivity index (χ1) is 6.54. The molecule has 0 aromatic heterocycles. The van der Waals surface area contributed by atoms with Crippen LogP contribution in [0.4, 0.5) is 0 Å². The molecule has 1 aliphatic rings.